The fourth-order valence-corrected chi connectivity index (χ4v) is 2.58. The zero-order chi connectivity index (χ0) is 19.6. The number of nitrogens with one attached hydrogen (secondary N) is 2. The highest BCUT2D eigenvalue weighted by Crippen LogP contribution is 2.21. The second kappa shape index (κ2) is 10.6. The summed E-state index contributed by atoms with van der Waals surface area (Å²) in [6.45, 7) is 5.09. The number of rotatable bonds is 9. The molecule has 144 valence electrons. The maximum absolute atomic E-state index is 12.1. The molecule has 0 bridgehead atoms. The molecular weight excluding hydrogens is 364 g/mol. The van der Waals surface area contributed by atoms with Crippen LogP contribution in [-0.2, 0) is 4.79 Å². The minimum Gasteiger partial charge on any atom is -0.494 e. The Bertz CT molecular complexity index is 775. The monoisotopic (exact) mass is 388 g/mol. The Balaban J connectivity index is 1.73. The molecule has 0 saturated heterocycles. The lowest BCUT2D eigenvalue weighted by molar-refractivity contribution is -0.116. The van der Waals surface area contributed by atoms with Gasteiger partial charge in [0.25, 0.3) is 5.91 Å². The van der Waals surface area contributed by atoms with Gasteiger partial charge in [0.05, 0.1) is 6.61 Å². The molecule has 0 spiro atoms. The van der Waals surface area contributed by atoms with Gasteiger partial charge in [-0.3, -0.25) is 9.59 Å². The Morgan fingerprint density at radius 3 is 2.52 bits per heavy atom. The molecule has 0 fully saturated rings. The van der Waals surface area contributed by atoms with Crippen molar-refractivity contribution in [1.29, 1.82) is 0 Å². The van der Waals surface area contributed by atoms with Crippen molar-refractivity contribution in [2.24, 2.45) is 0 Å². The summed E-state index contributed by atoms with van der Waals surface area (Å²) < 4.78 is 5.58. The summed E-state index contributed by atoms with van der Waals surface area (Å²) in [5.74, 6) is 0.545. The smallest absolute Gasteiger partial charge is 0.251 e. The van der Waals surface area contributed by atoms with Crippen molar-refractivity contribution in [3.8, 4) is 5.75 Å². The van der Waals surface area contributed by atoms with Gasteiger partial charge in [-0.05, 0) is 67.8 Å². The van der Waals surface area contributed by atoms with Crippen molar-refractivity contribution >= 4 is 29.1 Å². The van der Waals surface area contributed by atoms with Crippen LogP contribution in [0.1, 0.15) is 42.1 Å². The maximum Gasteiger partial charge on any atom is 0.251 e. The molecule has 2 aromatic rings. The molecule has 0 aliphatic carbocycles. The van der Waals surface area contributed by atoms with Crippen molar-refractivity contribution in [1.82, 2.24) is 5.32 Å². The molecule has 5 nitrogen and oxygen atoms in total. The van der Waals surface area contributed by atoms with E-state index in [9.17, 15) is 9.59 Å². The maximum atomic E-state index is 12.1. The third-order valence-electron chi connectivity index (χ3n) is 3.92. The summed E-state index contributed by atoms with van der Waals surface area (Å²) in [5.41, 5.74) is 2.27. The Hall–Kier alpha value is -2.53. The van der Waals surface area contributed by atoms with E-state index in [1.54, 1.807) is 24.3 Å². The predicted octanol–water partition coefficient (Wildman–Crippen LogP) is 4.59. The molecule has 0 unspecified atom stereocenters. The second-order valence-electron chi connectivity index (χ2n) is 6.24. The average Bonchev–Trinajstić information content (AvgIpc) is 2.66. The van der Waals surface area contributed by atoms with Crippen molar-refractivity contribution in [3.05, 3.63) is 58.6 Å². The Morgan fingerprint density at radius 2 is 1.85 bits per heavy atom. The van der Waals surface area contributed by atoms with Crippen LogP contribution in [0.4, 0.5) is 5.69 Å². The number of anilines is 1. The van der Waals surface area contributed by atoms with Gasteiger partial charge in [-0.25, -0.2) is 0 Å². The number of hydrogen-bond acceptors (Lipinski definition) is 3. The minimum absolute atomic E-state index is 0.0823. The first-order valence-corrected chi connectivity index (χ1v) is 9.44. The van der Waals surface area contributed by atoms with E-state index < -0.39 is 0 Å². The van der Waals surface area contributed by atoms with Gasteiger partial charge in [-0.15, -0.1) is 0 Å². The van der Waals surface area contributed by atoms with Crippen LogP contribution in [-0.4, -0.2) is 25.0 Å². The summed E-state index contributed by atoms with van der Waals surface area (Å²) in [7, 11) is 0. The molecule has 0 heterocycles. The number of halogens is 1. The van der Waals surface area contributed by atoms with Gasteiger partial charge in [0, 0.05) is 29.2 Å². The first-order valence-electron chi connectivity index (χ1n) is 9.06. The van der Waals surface area contributed by atoms with Gasteiger partial charge < -0.3 is 15.4 Å². The van der Waals surface area contributed by atoms with E-state index in [-0.39, 0.29) is 11.8 Å². The van der Waals surface area contributed by atoms with Gasteiger partial charge in [-0.1, -0.05) is 18.5 Å². The first kappa shape index (κ1) is 20.8. The summed E-state index contributed by atoms with van der Waals surface area (Å²) in [6.07, 6.45) is 1.84. The van der Waals surface area contributed by atoms with E-state index in [1.807, 2.05) is 25.1 Å². The molecule has 2 amide bonds. The van der Waals surface area contributed by atoms with E-state index in [1.165, 1.54) is 0 Å². The van der Waals surface area contributed by atoms with Crippen LogP contribution >= 0.6 is 11.6 Å². The molecular formula is C21H25ClN2O3. The number of carbonyl (C=O) groups excluding carboxylic acids is 2. The summed E-state index contributed by atoms with van der Waals surface area (Å²) in [6, 6.07) is 12.3. The van der Waals surface area contributed by atoms with Gasteiger partial charge in [0.2, 0.25) is 5.91 Å². The number of ether oxygens (including phenoxy) is 1. The molecule has 2 rings (SSSR count). The third-order valence-corrected chi connectivity index (χ3v) is 4.17. The predicted molar refractivity (Wildman–Crippen MR) is 109 cm³/mol. The van der Waals surface area contributed by atoms with E-state index in [0.717, 1.165) is 23.4 Å². The van der Waals surface area contributed by atoms with E-state index in [4.69, 9.17) is 16.3 Å². The van der Waals surface area contributed by atoms with Gasteiger partial charge in [-0.2, -0.15) is 0 Å². The van der Waals surface area contributed by atoms with Crippen LogP contribution in [0, 0.1) is 6.92 Å². The molecule has 0 aliphatic rings. The number of amides is 2. The van der Waals surface area contributed by atoms with Crippen LogP contribution in [0.3, 0.4) is 0 Å². The van der Waals surface area contributed by atoms with Crippen LogP contribution in [0.5, 0.6) is 5.75 Å². The minimum atomic E-state index is -0.175. The third kappa shape index (κ3) is 6.94. The van der Waals surface area contributed by atoms with Crippen LogP contribution in [0.25, 0.3) is 0 Å². The molecule has 0 aromatic heterocycles. The molecule has 0 atom stereocenters. The number of carbonyl (C=O) groups is 2. The van der Waals surface area contributed by atoms with Crippen molar-refractivity contribution in [3.63, 3.8) is 0 Å². The van der Waals surface area contributed by atoms with E-state index in [2.05, 4.69) is 17.6 Å². The molecule has 0 aliphatic heterocycles. The normalized spacial score (nSPS) is 10.3. The lowest BCUT2D eigenvalue weighted by Gasteiger charge is -2.11. The topological polar surface area (TPSA) is 67.4 Å². The Morgan fingerprint density at radius 1 is 1.11 bits per heavy atom. The highest BCUT2D eigenvalue weighted by molar-refractivity contribution is 6.30. The average molecular weight is 389 g/mol. The fourth-order valence-electron chi connectivity index (χ4n) is 2.45. The van der Waals surface area contributed by atoms with Crippen molar-refractivity contribution < 1.29 is 14.3 Å². The van der Waals surface area contributed by atoms with Gasteiger partial charge in [0.1, 0.15) is 5.75 Å². The Kier molecular flexibility index (Phi) is 8.14. The first-order chi connectivity index (χ1) is 13.0. The summed E-state index contributed by atoms with van der Waals surface area (Å²) >= 11 is 5.80. The van der Waals surface area contributed by atoms with Gasteiger partial charge in [0.15, 0.2) is 0 Å². The van der Waals surface area contributed by atoms with E-state index in [0.29, 0.717) is 36.6 Å². The summed E-state index contributed by atoms with van der Waals surface area (Å²) in [4.78, 5) is 24.1. The second-order valence-corrected chi connectivity index (χ2v) is 6.68. The fraction of sp³-hybridized carbons (Fsp3) is 0.333. The zero-order valence-corrected chi connectivity index (χ0v) is 16.4. The molecule has 27 heavy (non-hydrogen) atoms. The zero-order valence-electron chi connectivity index (χ0n) is 15.7. The lowest BCUT2D eigenvalue weighted by Crippen LogP contribution is -2.25. The van der Waals surface area contributed by atoms with Crippen LogP contribution < -0.4 is 15.4 Å². The van der Waals surface area contributed by atoms with Crippen LogP contribution in [0.15, 0.2) is 42.5 Å². The highest BCUT2D eigenvalue weighted by atomic mass is 35.5. The number of aryl methyl sites for hydroxylation is 1. The van der Waals surface area contributed by atoms with E-state index >= 15 is 0 Å². The molecule has 2 N–H and O–H groups in total. The van der Waals surface area contributed by atoms with Crippen molar-refractivity contribution in [2.45, 2.75) is 33.1 Å². The highest BCUT2D eigenvalue weighted by Gasteiger charge is 2.08. The summed E-state index contributed by atoms with van der Waals surface area (Å²) in [5, 5.41) is 6.28. The quantitative estimate of drug-likeness (QED) is 0.617. The lowest BCUT2D eigenvalue weighted by atomic mass is 10.1. The number of hydrogen-bond donors (Lipinski definition) is 2. The Labute approximate surface area is 165 Å². The molecule has 2 aromatic carbocycles. The standard InChI is InChI=1S/C21H25ClN2O3/c1-3-13-27-18-10-11-19(15(2)14-18)24-20(25)5-4-12-23-21(26)16-6-8-17(22)9-7-16/h6-11,14H,3-5,12-13H2,1-2H3,(H,23,26)(H,24,25). The van der Waals surface area contributed by atoms with Gasteiger partial charge >= 0.3 is 0 Å². The van der Waals surface area contributed by atoms with Crippen molar-refractivity contribution in [2.75, 3.05) is 18.5 Å². The molecule has 0 saturated carbocycles. The molecule has 0 radical (unpaired) electrons. The largest absolute Gasteiger partial charge is 0.494 e. The van der Waals surface area contributed by atoms with Crippen LogP contribution in [0.2, 0.25) is 5.02 Å². The molecule has 6 heteroatoms. The number of benzene rings is 2. The SMILES string of the molecule is CCCOc1ccc(NC(=O)CCCNC(=O)c2ccc(Cl)cc2)c(C)c1.